The van der Waals surface area contributed by atoms with E-state index < -0.39 is 7.82 Å². The Morgan fingerprint density at radius 1 is 0.774 bits per heavy atom. The van der Waals surface area contributed by atoms with Crippen LogP contribution in [0.5, 0.6) is 0 Å². The second kappa shape index (κ2) is 19.5. The number of unbranched alkanes of at least 4 members (excludes halogenated alkanes) is 13. The number of likely N-dealkylation sites (N-methyl/N-ethyl adjacent to an activating group) is 1. The highest BCUT2D eigenvalue weighted by molar-refractivity contribution is 7.45. The van der Waals surface area contributed by atoms with Gasteiger partial charge in [0.15, 0.2) is 0 Å². The van der Waals surface area contributed by atoms with Crippen LogP contribution >= 0.6 is 7.82 Å². The molecule has 0 saturated carbocycles. The summed E-state index contributed by atoms with van der Waals surface area (Å²) in [5.41, 5.74) is 0. The highest BCUT2D eigenvalue weighted by Gasteiger charge is 2.16. The van der Waals surface area contributed by atoms with Gasteiger partial charge in [-0.25, -0.2) is 0 Å². The molecule has 0 heterocycles. The standard InChI is InChI=1S/C24H52NO5P/c1-6-7-8-9-10-11-12-13-14-15-16-17-18-19-20-24(28-5)23-30-31(26,27)29-22-21-25(2,3)4/h24H,6-23H2,1-5H3/t24-/m1/s1. The van der Waals surface area contributed by atoms with Gasteiger partial charge in [-0.15, -0.1) is 0 Å². The highest BCUT2D eigenvalue weighted by Crippen LogP contribution is 2.38. The van der Waals surface area contributed by atoms with Crippen LogP contribution in [0.15, 0.2) is 0 Å². The average molecular weight is 466 g/mol. The summed E-state index contributed by atoms with van der Waals surface area (Å²) < 4.78 is 27.8. The van der Waals surface area contributed by atoms with Gasteiger partial charge in [0.25, 0.3) is 7.82 Å². The molecule has 0 aliphatic rings. The minimum atomic E-state index is -4.26. The number of methoxy groups -OCH3 is 1. The zero-order valence-electron chi connectivity index (χ0n) is 21.2. The molecule has 0 aromatic carbocycles. The largest absolute Gasteiger partial charge is 0.756 e. The molecule has 0 bridgehead atoms. The number of phosphoric ester groups is 1. The molecule has 0 aromatic rings. The van der Waals surface area contributed by atoms with Crippen molar-refractivity contribution in [3.05, 3.63) is 0 Å². The second-order valence-corrected chi connectivity index (χ2v) is 11.2. The Bertz CT molecular complexity index is 442. The minimum Gasteiger partial charge on any atom is -0.756 e. The first-order chi connectivity index (χ1) is 14.7. The van der Waals surface area contributed by atoms with Crippen molar-refractivity contribution >= 4 is 7.82 Å². The summed E-state index contributed by atoms with van der Waals surface area (Å²) in [6, 6.07) is 0. The monoisotopic (exact) mass is 465 g/mol. The molecule has 188 valence electrons. The van der Waals surface area contributed by atoms with Crippen LogP contribution in [0.1, 0.15) is 103 Å². The van der Waals surface area contributed by atoms with Crippen LogP contribution in [0.3, 0.4) is 0 Å². The lowest BCUT2D eigenvalue weighted by atomic mass is 10.0. The van der Waals surface area contributed by atoms with Gasteiger partial charge >= 0.3 is 0 Å². The lowest BCUT2D eigenvalue weighted by Crippen LogP contribution is -2.37. The fourth-order valence-electron chi connectivity index (χ4n) is 3.47. The van der Waals surface area contributed by atoms with Gasteiger partial charge in [-0.05, 0) is 6.42 Å². The number of ether oxygens (including phenoxy) is 1. The Kier molecular flexibility index (Phi) is 19.5. The summed E-state index contributed by atoms with van der Waals surface area (Å²) in [4.78, 5) is 11.9. The van der Waals surface area contributed by atoms with Crippen molar-refractivity contribution in [1.82, 2.24) is 0 Å². The van der Waals surface area contributed by atoms with E-state index in [9.17, 15) is 9.46 Å². The first kappa shape index (κ1) is 31.0. The van der Waals surface area contributed by atoms with E-state index in [4.69, 9.17) is 13.8 Å². The molecule has 6 nitrogen and oxygen atoms in total. The number of nitrogens with zero attached hydrogens (tertiary/aromatic N) is 1. The molecule has 1 unspecified atom stereocenters. The Labute approximate surface area is 193 Å². The van der Waals surface area contributed by atoms with E-state index >= 15 is 0 Å². The van der Waals surface area contributed by atoms with E-state index in [1.807, 2.05) is 21.1 Å². The molecule has 0 fully saturated rings. The Balaban J connectivity index is 3.59. The third kappa shape index (κ3) is 23.0. The maximum Gasteiger partial charge on any atom is 0.268 e. The first-order valence-electron chi connectivity index (χ1n) is 12.6. The van der Waals surface area contributed by atoms with Crippen molar-refractivity contribution in [2.75, 3.05) is 48.0 Å². The van der Waals surface area contributed by atoms with Gasteiger partial charge in [0, 0.05) is 7.11 Å². The molecular weight excluding hydrogens is 413 g/mol. The van der Waals surface area contributed by atoms with E-state index in [2.05, 4.69) is 6.92 Å². The van der Waals surface area contributed by atoms with Crippen molar-refractivity contribution in [3.8, 4) is 0 Å². The molecule has 0 radical (unpaired) electrons. The Morgan fingerprint density at radius 2 is 1.23 bits per heavy atom. The summed E-state index contributed by atoms with van der Waals surface area (Å²) in [5.74, 6) is 0. The van der Waals surface area contributed by atoms with Gasteiger partial charge in [-0.1, -0.05) is 96.8 Å². The number of rotatable bonds is 23. The maximum absolute atomic E-state index is 11.9. The molecule has 0 spiro atoms. The zero-order chi connectivity index (χ0) is 23.4. The first-order valence-corrected chi connectivity index (χ1v) is 14.1. The second-order valence-electron chi connectivity index (χ2n) is 9.83. The number of phosphoric acid groups is 1. The van der Waals surface area contributed by atoms with Crippen LogP contribution < -0.4 is 4.89 Å². The summed E-state index contributed by atoms with van der Waals surface area (Å²) >= 11 is 0. The summed E-state index contributed by atoms with van der Waals surface area (Å²) in [6.45, 7) is 3.02. The van der Waals surface area contributed by atoms with Crippen LogP contribution in [-0.2, 0) is 18.3 Å². The smallest absolute Gasteiger partial charge is 0.268 e. The summed E-state index contributed by atoms with van der Waals surface area (Å²) in [5, 5.41) is 0. The lowest BCUT2D eigenvalue weighted by molar-refractivity contribution is -0.870. The molecule has 7 heteroatoms. The van der Waals surface area contributed by atoms with Gasteiger partial charge in [0.05, 0.1) is 33.9 Å². The van der Waals surface area contributed by atoms with Crippen molar-refractivity contribution in [2.24, 2.45) is 0 Å². The molecule has 0 saturated heterocycles. The number of hydrogen-bond acceptors (Lipinski definition) is 5. The van der Waals surface area contributed by atoms with Crippen molar-refractivity contribution in [3.63, 3.8) is 0 Å². The van der Waals surface area contributed by atoms with E-state index in [-0.39, 0.29) is 19.3 Å². The van der Waals surface area contributed by atoms with Crippen molar-refractivity contribution < 1.29 is 27.7 Å². The Hall–Kier alpha value is 0.0300. The SMILES string of the molecule is CCCCCCCCCCCCCCCC[C@H](COP(=O)([O-])OCC[N+](C)(C)C)OC. The van der Waals surface area contributed by atoms with Gasteiger partial charge in [-0.2, -0.15) is 0 Å². The molecule has 0 N–H and O–H groups in total. The van der Waals surface area contributed by atoms with Gasteiger partial charge < -0.3 is 23.2 Å². The van der Waals surface area contributed by atoms with Gasteiger partial charge in [-0.3, -0.25) is 4.57 Å². The molecule has 31 heavy (non-hydrogen) atoms. The Morgan fingerprint density at radius 3 is 1.65 bits per heavy atom. The van der Waals surface area contributed by atoms with E-state index in [1.54, 1.807) is 7.11 Å². The van der Waals surface area contributed by atoms with Crippen LogP contribution in [0.4, 0.5) is 0 Å². The average Bonchev–Trinajstić information content (AvgIpc) is 2.69. The molecule has 0 aliphatic carbocycles. The van der Waals surface area contributed by atoms with Gasteiger partial charge in [0.1, 0.15) is 13.2 Å². The van der Waals surface area contributed by atoms with Crippen LogP contribution in [-0.4, -0.2) is 58.6 Å². The predicted molar refractivity (Wildman–Crippen MR) is 128 cm³/mol. The molecule has 2 atom stereocenters. The maximum atomic E-state index is 11.9. The summed E-state index contributed by atoms with van der Waals surface area (Å²) in [6.07, 6.45) is 19.1. The fourth-order valence-corrected chi connectivity index (χ4v) is 4.20. The van der Waals surface area contributed by atoms with E-state index in [0.717, 1.165) is 19.3 Å². The minimum absolute atomic E-state index is 0.0279. The topological polar surface area (TPSA) is 67.8 Å². The number of quaternary nitrogens is 1. The molecule has 0 rings (SSSR count). The predicted octanol–water partition coefficient (Wildman–Crippen LogP) is 6.08. The lowest BCUT2D eigenvalue weighted by Gasteiger charge is -2.28. The van der Waals surface area contributed by atoms with Gasteiger partial charge in [0.2, 0.25) is 0 Å². The highest BCUT2D eigenvalue weighted by atomic mass is 31.2. The zero-order valence-corrected chi connectivity index (χ0v) is 22.1. The van der Waals surface area contributed by atoms with Crippen LogP contribution in [0, 0.1) is 0 Å². The third-order valence-corrected chi connectivity index (χ3v) is 6.61. The fraction of sp³-hybridized carbons (Fsp3) is 1.00. The molecular formula is C24H52NO5P. The third-order valence-electron chi connectivity index (χ3n) is 5.64. The molecule has 0 aromatic heterocycles. The molecule has 0 aliphatic heterocycles. The molecule has 0 amide bonds. The summed E-state index contributed by atoms with van der Waals surface area (Å²) in [7, 11) is 3.29. The quantitative estimate of drug-likeness (QED) is 0.104. The van der Waals surface area contributed by atoms with Crippen LogP contribution in [0.25, 0.3) is 0 Å². The van der Waals surface area contributed by atoms with Crippen molar-refractivity contribution in [2.45, 2.75) is 109 Å². The van der Waals surface area contributed by atoms with Crippen molar-refractivity contribution in [1.29, 1.82) is 0 Å². The number of hydrogen-bond donors (Lipinski definition) is 0. The van der Waals surface area contributed by atoms with Crippen LogP contribution in [0.2, 0.25) is 0 Å². The van der Waals surface area contributed by atoms with E-state index in [1.165, 1.54) is 77.0 Å². The normalized spacial score (nSPS) is 15.2. The van der Waals surface area contributed by atoms with E-state index in [0.29, 0.717) is 11.0 Å².